The predicted molar refractivity (Wildman–Crippen MR) is 58.9 cm³/mol. The van der Waals surface area contributed by atoms with Gasteiger partial charge in [-0.15, -0.1) is 0 Å². The molecule has 0 amide bonds. The molecule has 1 aromatic rings. The zero-order valence-electron chi connectivity index (χ0n) is 9.20. The molecule has 1 aromatic carbocycles. The average molecular weight is 229 g/mol. The molecule has 0 heterocycles. The predicted octanol–water partition coefficient (Wildman–Crippen LogP) is 1.10. The van der Waals surface area contributed by atoms with E-state index in [1.807, 2.05) is 0 Å². The van der Waals surface area contributed by atoms with Gasteiger partial charge in [-0.05, 0) is 18.6 Å². The minimum Gasteiger partial charge on any atom is -0.488 e. The van der Waals surface area contributed by atoms with E-state index in [4.69, 9.17) is 20.3 Å². The van der Waals surface area contributed by atoms with Crippen molar-refractivity contribution in [2.75, 3.05) is 32.2 Å². The molecule has 4 nitrogen and oxygen atoms in total. The Balaban J connectivity index is 2.45. The number of aliphatic hydroxyl groups is 1. The Kier molecular flexibility index (Phi) is 5.01. The second kappa shape index (κ2) is 6.30. The van der Waals surface area contributed by atoms with Gasteiger partial charge in [0.25, 0.3) is 0 Å². The van der Waals surface area contributed by atoms with Gasteiger partial charge in [-0.2, -0.15) is 0 Å². The fourth-order valence-electron chi connectivity index (χ4n) is 1.16. The lowest BCUT2D eigenvalue weighted by molar-refractivity contribution is 0.0696. The highest BCUT2D eigenvalue weighted by molar-refractivity contribution is 5.50. The summed E-state index contributed by atoms with van der Waals surface area (Å²) < 4.78 is 23.5. The molecule has 16 heavy (non-hydrogen) atoms. The van der Waals surface area contributed by atoms with Crippen LogP contribution in [0, 0.1) is 12.7 Å². The quantitative estimate of drug-likeness (QED) is 0.566. The lowest BCUT2D eigenvalue weighted by Crippen LogP contribution is -2.10. The van der Waals surface area contributed by atoms with Crippen molar-refractivity contribution in [2.45, 2.75) is 6.92 Å². The van der Waals surface area contributed by atoms with Crippen molar-refractivity contribution in [2.24, 2.45) is 0 Å². The van der Waals surface area contributed by atoms with Crippen LogP contribution in [0.2, 0.25) is 0 Å². The van der Waals surface area contributed by atoms with Crippen molar-refractivity contribution >= 4 is 5.69 Å². The summed E-state index contributed by atoms with van der Waals surface area (Å²) in [6, 6.07) is 2.79. The molecule has 0 aromatic heterocycles. The van der Waals surface area contributed by atoms with E-state index in [1.165, 1.54) is 6.07 Å². The topological polar surface area (TPSA) is 64.7 Å². The summed E-state index contributed by atoms with van der Waals surface area (Å²) in [5, 5.41) is 8.45. The Labute approximate surface area is 93.8 Å². The molecule has 3 N–H and O–H groups in total. The van der Waals surface area contributed by atoms with Gasteiger partial charge in [0.2, 0.25) is 0 Å². The summed E-state index contributed by atoms with van der Waals surface area (Å²) in [5.41, 5.74) is 6.71. The van der Waals surface area contributed by atoms with E-state index in [9.17, 15) is 4.39 Å². The number of benzene rings is 1. The van der Waals surface area contributed by atoms with Crippen LogP contribution in [-0.2, 0) is 4.74 Å². The van der Waals surface area contributed by atoms with Gasteiger partial charge in [0.05, 0.1) is 19.8 Å². The first-order valence-corrected chi connectivity index (χ1v) is 5.02. The maximum absolute atomic E-state index is 13.3. The van der Waals surface area contributed by atoms with E-state index in [0.717, 1.165) is 5.56 Å². The van der Waals surface area contributed by atoms with Crippen molar-refractivity contribution in [3.05, 3.63) is 23.5 Å². The molecule has 0 bridgehead atoms. The van der Waals surface area contributed by atoms with Crippen molar-refractivity contribution in [1.29, 1.82) is 0 Å². The summed E-state index contributed by atoms with van der Waals surface area (Å²) in [5.74, 6) is -0.315. The van der Waals surface area contributed by atoms with Gasteiger partial charge in [0.15, 0.2) is 11.6 Å². The standard InChI is InChI=1S/C11H16FNO3/c1-8-6-11(9(12)7-10(8)13)16-5-4-15-3-2-14/h6-7,14H,2-5,13H2,1H3. The third-order valence-corrected chi connectivity index (χ3v) is 2.04. The molecule has 0 fully saturated rings. The van der Waals surface area contributed by atoms with Gasteiger partial charge >= 0.3 is 0 Å². The molecule has 0 spiro atoms. The number of ether oxygens (including phenoxy) is 2. The van der Waals surface area contributed by atoms with Crippen LogP contribution in [-0.4, -0.2) is 31.5 Å². The number of aliphatic hydroxyl groups excluding tert-OH is 1. The van der Waals surface area contributed by atoms with Gasteiger partial charge in [-0.25, -0.2) is 4.39 Å². The SMILES string of the molecule is Cc1cc(OCCOCCO)c(F)cc1N. The molecule has 0 aliphatic carbocycles. The van der Waals surface area contributed by atoms with E-state index in [1.54, 1.807) is 13.0 Å². The van der Waals surface area contributed by atoms with Crippen LogP contribution >= 0.6 is 0 Å². The Morgan fingerprint density at radius 3 is 2.75 bits per heavy atom. The summed E-state index contributed by atoms with van der Waals surface area (Å²) in [6.45, 7) is 2.55. The number of halogens is 1. The molecule has 0 radical (unpaired) electrons. The van der Waals surface area contributed by atoms with Crippen LogP contribution in [0.4, 0.5) is 10.1 Å². The summed E-state index contributed by atoms with van der Waals surface area (Å²) >= 11 is 0. The minimum absolute atomic E-state index is 0.0324. The Hall–Kier alpha value is -1.33. The highest BCUT2D eigenvalue weighted by Crippen LogP contribution is 2.23. The number of nitrogen functional groups attached to an aromatic ring is 1. The summed E-state index contributed by atoms with van der Waals surface area (Å²) in [6.07, 6.45) is 0. The molecule has 1 rings (SSSR count). The zero-order chi connectivity index (χ0) is 12.0. The van der Waals surface area contributed by atoms with E-state index in [2.05, 4.69) is 0 Å². The molecular formula is C11H16FNO3. The number of aryl methyl sites for hydroxylation is 1. The number of hydrogen-bond donors (Lipinski definition) is 2. The smallest absolute Gasteiger partial charge is 0.167 e. The molecule has 0 unspecified atom stereocenters. The molecular weight excluding hydrogens is 213 g/mol. The van der Waals surface area contributed by atoms with Crippen molar-refractivity contribution in [3.8, 4) is 5.75 Å². The average Bonchev–Trinajstić information content (AvgIpc) is 2.25. The second-order valence-electron chi connectivity index (χ2n) is 3.32. The lowest BCUT2D eigenvalue weighted by atomic mass is 10.2. The molecule has 0 saturated carbocycles. The Morgan fingerprint density at radius 1 is 1.31 bits per heavy atom. The van der Waals surface area contributed by atoms with E-state index < -0.39 is 5.82 Å². The van der Waals surface area contributed by atoms with E-state index >= 15 is 0 Å². The highest BCUT2D eigenvalue weighted by Gasteiger charge is 2.06. The van der Waals surface area contributed by atoms with Crippen molar-refractivity contribution in [1.82, 2.24) is 0 Å². The van der Waals surface area contributed by atoms with E-state index in [-0.39, 0.29) is 25.6 Å². The minimum atomic E-state index is -0.481. The lowest BCUT2D eigenvalue weighted by Gasteiger charge is -2.09. The second-order valence-corrected chi connectivity index (χ2v) is 3.32. The van der Waals surface area contributed by atoms with Gasteiger partial charge in [-0.1, -0.05) is 0 Å². The Morgan fingerprint density at radius 2 is 2.06 bits per heavy atom. The number of hydrogen-bond acceptors (Lipinski definition) is 4. The van der Waals surface area contributed by atoms with Crippen molar-refractivity contribution in [3.63, 3.8) is 0 Å². The summed E-state index contributed by atoms with van der Waals surface area (Å²) in [4.78, 5) is 0. The molecule has 90 valence electrons. The fraction of sp³-hybridized carbons (Fsp3) is 0.455. The number of nitrogens with two attached hydrogens (primary N) is 1. The number of rotatable bonds is 6. The normalized spacial score (nSPS) is 10.4. The highest BCUT2D eigenvalue weighted by atomic mass is 19.1. The van der Waals surface area contributed by atoms with Gasteiger partial charge in [0.1, 0.15) is 6.61 Å². The van der Waals surface area contributed by atoms with Crippen LogP contribution in [0.1, 0.15) is 5.56 Å². The van der Waals surface area contributed by atoms with Crippen LogP contribution < -0.4 is 10.5 Å². The molecule has 5 heteroatoms. The zero-order valence-corrected chi connectivity index (χ0v) is 9.20. The monoisotopic (exact) mass is 229 g/mol. The van der Waals surface area contributed by atoms with Crippen LogP contribution in [0.5, 0.6) is 5.75 Å². The van der Waals surface area contributed by atoms with E-state index in [0.29, 0.717) is 12.3 Å². The first-order chi connectivity index (χ1) is 7.65. The van der Waals surface area contributed by atoms with Crippen LogP contribution in [0.25, 0.3) is 0 Å². The molecule has 0 aliphatic heterocycles. The van der Waals surface area contributed by atoms with Crippen LogP contribution in [0.3, 0.4) is 0 Å². The fourth-order valence-corrected chi connectivity index (χ4v) is 1.16. The Bertz CT molecular complexity index is 344. The molecule has 0 aliphatic rings. The van der Waals surface area contributed by atoms with Gasteiger partial charge in [-0.3, -0.25) is 0 Å². The maximum Gasteiger partial charge on any atom is 0.167 e. The summed E-state index contributed by atoms with van der Waals surface area (Å²) in [7, 11) is 0. The number of anilines is 1. The molecule has 0 atom stereocenters. The third-order valence-electron chi connectivity index (χ3n) is 2.04. The first-order valence-electron chi connectivity index (χ1n) is 5.02. The van der Waals surface area contributed by atoms with Gasteiger partial charge in [0, 0.05) is 11.8 Å². The molecule has 0 saturated heterocycles. The maximum atomic E-state index is 13.3. The van der Waals surface area contributed by atoms with Gasteiger partial charge < -0.3 is 20.3 Å². The van der Waals surface area contributed by atoms with Crippen molar-refractivity contribution < 1.29 is 19.0 Å². The third kappa shape index (κ3) is 3.67. The first kappa shape index (κ1) is 12.7. The largest absolute Gasteiger partial charge is 0.488 e. The van der Waals surface area contributed by atoms with Crippen LogP contribution in [0.15, 0.2) is 12.1 Å².